The summed E-state index contributed by atoms with van der Waals surface area (Å²) in [5.74, 6) is 0.203. The third-order valence-corrected chi connectivity index (χ3v) is 3.77. The van der Waals surface area contributed by atoms with Gasteiger partial charge in [0.05, 0.1) is 6.54 Å². The average molecular weight is 278 g/mol. The molecule has 0 bridgehead atoms. The summed E-state index contributed by atoms with van der Waals surface area (Å²) in [6.07, 6.45) is 1.75. The molecule has 0 radical (unpaired) electrons. The summed E-state index contributed by atoms with van der Waals surface area (Å²) in [5, 5.41) is 0. The number of hydrogen-bond donors (Lipinski definition) is 1. The minimum Gasteiger partial charge on any atom is -0.330 e. The lowest BCUT2D eigenvalue weighted by Crippen LogP contribution is -2.38. The summed E-state index contributed by atoms with van der Waals surface area (Å²) >= 11 is 0. The van der Waals surface area contributed by atoms with Crippen LogP contribution in [0.5, 0.6) is 0 Å². The van der Waals surface area contributed by atoms with E-state index in [1.165, 1.54) is 5.56 Å². The SMILES string of the molecule is NCCc1ccc(CC(=O)CN2CCC(F)CC2)cc1. The molecule has 2 N–H and O–H groups in total. The maximum absolute atomic E-state index is 13.0. The Hall–Kier alpha value is -1.26. The number of hydrogen-bond acceptors (Lipinski definition) is 3. The van der Waals surface area contributed by atoms with Gasteiger partial charge in [0.1, 0.15) is 6.17 Å². The van der Waals surface area contributed by atoms with E-state index in [1.807, 2.05) is 24.3 Å². The number of ketones is 1. The van der Waals surface area contributed by atoms with Crippen molar-refractivity contribution in [2.24, 2.45) is 5.73 Å². The molecule has 0 atom stereocenters. The number of Topliss-reactive ketones (excluding diaryl/α,β-unsaturated/α-hetero) is 1. The monoisotopic (exact) mass is 278 g/mol. The van der Waals surface area contributed by atoms with Crippen molar-refractivity contribution in [3.05, 3.63) is 35.4 Å². The van der Waals surface area contributed by atoms with Crippen molar-refractivity contribution in [1.29, 1.82) is 0 Å². The van der Waals surface area contributed by atoms with Gasteiger partial charge in [-0.05, 0) is 36.9 Å². The van der Waals surface area contributed by atoms with Gasteiger partial charge in [0.2, 0.25) is 0 Å². The van der Waals surface area contributed by atoms with E-state index in [9.17, 15) is 9.18 Å². The number of carbonyl (C=O) groups is 1. The fraction of sp³-hybridized carbons (Fsp3) is 0.562. The molecule has 0 unspecified atom stereocenters. The Labute approximate surface area is 120 Å². The standard InChI is InChI=1S/C16H23FN2O/c17-15-6-9-19(10-7-15)12-16(20)11-14-3-1-13(2-4-14)5-8-18/h1-4,15H,5-12,18H2. The third-order valence-electron chi connectivity index (χ3n) is 3.77. The molecule has 2 rings (SSSR count). The Balaban J connectivity index is 1.79. The van der Waals surface area contributed by atoms with Gasteiger partial charge in [-0.2, -0.15) is 0 Å². The first-order chi connectivity index (χ1) is 9.67. The van der Waals surface area contributed by atoms with Crippen molar-refractivity contribution in [3.8, 4) is 0 Å². The highest BCUT2D eigenvalue weighted by atomic mass is 19.1. The normalized spacial score (nSPS) is 17.3. The topological polar surface area (TPSA) is 46.3 Å². The molecule has 3 nitrogen and oxygen atoms in total. The summed E-state index contributed by atoms with van der Waals surface area (Å²) in [4.78, 5) is 14.1. The van der Waals surface area contributed by atoms with Crippen molar-refractivity contribution < 1.29 is 9.18 Å². The lowest BCUT2D eigenvalue weighted by molar-refractivity contribution is -0.119. The number of nitrogens with two attached hydrogens (primary N) is 1. The summed E-state index contributed by atoms with van der Waals surface area (Å²) in [6.45, 7) is 2.48. The molecular formula is C16H23FN2O. The van der Waals surface area contributed by atoms with E-state index in [0.717, 1.165) is 12.0 Å². The second kappa shape index (κ2) is 7.50. The Bertz CT molecular complexity index is 425. The van der Waals surface area contributed by atoms with Crippen LogP contribution < -0.4 is 5.73 Å². The largest absolute Gasteiger partial charge is 0.330 e. The van der Waals surface area contributed by atoms with Gasteiger partial charge in [-0.15, -0.1) is 0 Å². The Morgan fingerprint density at radius 1 is 1.20 bits per heavy atom. The predicted octanol–water partition coefficient (Wildman–Crippen LogP) is 1.73. The molecule has 1 aromatic rings. The molecule has 0 aromatic heterocycles. The Kier molecular flexibility index (Phi) is 5.68. The van der Waals surface area contributed by atoms with E-state index in [4.69, 9.17) is 5.73 Å². The van der Waals surface area contributed by atoms with Crippen LogP contribution in [0.15, 0.2) is 24.3 Å². The van der Waals surface area contributed by atoms with Crippen LogP contribution in [0.4, 0.5) is 4.39 Å². The summed E-state index contributed by atoms with van der Waals surface area (Å²) in [7, 11) is 0. The van der Waals surface area contributed by atoms with Crippen LogP contribution in [0.1, 0.15) is 24.0 Å². The first-order valence-electron chi connectivity index (χ1n) is 7.33. The molecule has 1 heterocycles. The molecule has 110 valence electrons. The molecule has 1 aliphatic rings. The van der Waals surface area contributed by atoms with E-state index in [2.05, 4.69) is 4.90 Å². The first-order valence-corrected chi connectivity index (χ1v) is 7.33. The van der Waals surface area contributed by atoms with E-state index in [1.54, 1.807) is 0 Å². The van der Waals surface area contributed by atoms with Crippen LogP contribution >= 0.6 is 0 Å². The van der Waals surface area contributed by atoms with Gasteiger partial charge in [0.25, 0.3) is 0 Å². The van der Waals surface area contributed by atoms with Crippen molar-refractivity contribution in [2.45, 2.75) is 31.9 Å². The van der Waals surface area contributed by atoms with Crippen molar-refractivity contribution >= 4 is 5.78 Å². The van der Waals surface area contributed by atoms with Gasteiger partial charge in [-0.1, -0.05) is 24.3 Å². The summed E-state index contributed by atoms with van der Waals surface area (Å²) in [5.41, 5.74) is 7.75. The van der Waals surface area contributed by atoms with Crippen molar-refractivity contribution in [1.82, 2.24) is 4.90 Å². The molecule has 4 heteroatoms. The number of nitrogens with zero attached hydrogens (tertiary/aromatic N) is 1. The van der Waals surface area contributed by atoms with Crippen LogP contribution in [0.3, 0.4) is 0 Å². The Morgan fingerprint density at radius 2 is 1.80 bits per heavy atom. The fourth-order valence-corrected chi connectivity index (χ4v) is 2.58. The van der Waals surface area contributed by atoms with E-state index in [-0.39, 0.29) is 5.78 Å². The fourth-order valence-electron chi connectivity index (χ4n) is 2.58. The number of likely N-dealkylation sites (tertiary alicyclic amines) is 1. The van der Waals surface area contributed by atoms with Crippen LogP contribution in [-0.2, 0) is 17.6 Å². The molecule has 0 amide bonds. The van der Waals surface area contributed by atoms with Gasteiger partial charge in [0, 0.05) is 19.5 Å². The number of benzene rings is 1. The smallest absolute Gasteiger partial charge is 0.151 e. The van der Waals surface area contributed by atoms with Crippen LogP contribution in [0.25, 0.3) is 0 Å². The quantitative estimate of drug-likeness (QED) is 0.862. The molecule has 1 fully saturated rings. The van der Waals surface area contributed by atoms with Gasteiger partial charge in [0.15, 0.2) is 5.78 Å². The van der Waals surface area contributed by atoms with Gasteiger partial charge in [-0.3, -0.25) is 9.69 Å². The molecule has 1 aromatic carbocycles. The third kappa shape index (κ3) is 4.69. The second-order valence-electron chi connectivity index (χ2n) is 5.52. The lowest BCUT2D eigenvalue weighted by Gasteiger charge is -2.27. The van der Waals surface area contributed by atoms with Gasteiger partial charge < -0.3 is 5.73 Å². The second-order valence-corrected chi connectivity index (χ2v) is 5.52. The zero-order valence-electron chi connectivity index (χ0n) is 11.9. The number of carbonyl (C=O) groups excluding carboxylic acids is 1. The molecule has 20 heavy (non-hydrogen) atoms. The highest BCUT2D eigenvalue weighted by Crippen LogP contribution is 2.13. The lowest BCUT2D eigenvalue weighted by atomic mass is 10.0. The number of rotatable bonds is 6. The highest BCUT2D eigenvalue weighted by molar-refractivity contribution is 5.82. The van der Waals surface area contributed by atoms with E-state index in [0.29, 0.717) is 45.4 Å². The number of alkyl halides is 1. The molecule has 1 saturated heterocycles. The van der Waals surface area contributed by atoms with Crippen LogP contribution in [0.2, 0.25) is 0 Å². The number of piperidine rings is 1. The van der Waals surface area contributed by atoms with Crippen LogP contribution in [0, 0.1) is 0 Å². The zero-order chi connectivity index (χ0) is 14.4. The molecule has 0 aliphatic carbocycles. The number of halogens is 1. The average Bonchev–Trinajstić information content (AvgIpc) is 2.44. The predicted molar refractivity (Wildman–Crippen MR) is 78.5 cm³/mol. The van der Waals surface area contributed by atoms with Gasteiger partial charge >= 0.3 is 0 Å². The minimum absolute atomic E-state index is 0.203. The summed E-state index contributed by atoms with van der Waals surface area (Å²) in [6, 6.07) is 8.06. The zero-order valence-corrected chi connectivity index (χ0v) is 11.9. The molecule has 0 spiro atoms. The van der Waals surface area contributed by atoms with Crippen molar-refractivity contribution in [3.63, 3.8) is 0 Å². The molecule has 1 aliphatic heterocycles. The van der Waals surface area contributed by atoms with Crippen molar-refractivity contribution in [2.75, 3.05) is 26.2 Å². The van der Waals surface area contributed by atoms with Gasteiger partial charge in [-0.25, -0.2) is 4.39 Å². The summed E-state index contributed by atoms with van der Waals surface area (Å²) < 4.78 is 13.0. The van der Waals surface area contributed by atoms with Crippen LogP contribution in [-0.4, -0.2) is 43.0 Å². The molecular weight excluding hydrogens is 255 g/mol. The maximum atomic E-state index is 13.0. The van der Waals surface area contributed by atoms with E-state index < -0.39 is 6.17 Å². The first kappa shape index (κ1) is 15.1. The van der Waals surface area contributed by atoms with E-state index >= 15 is 0 Å². The maximum Gasteiger partial charge on any atom is 0.151 e. The Morgan fingerprint density at radius 3 is 2.40 bits per heavy atom. The highest BCUT2D eigenvalue weighted by Gasteiger charge is 2.19. The minimum atomic E-state index is -0.684. The molecule has 0 saturated carbocycles.